The third-order valence-corrected chi connectivity index (χ3v) is 6.02. The lowest BCUT2D eigenvalue weighted by atomic mass is 10.00. The Hall–Kier alpha value is -1.65. The van der Waals surface area contributed by atoms with Crippen molar-refractivity contribution in [3.05, 3.63) is 64.2 Å². The lowest BCUT2D eigenvalue weighted by Crippen LogP contribution is -2.27. The van der Waals surface area contributed by atoms with Crippen molar-refractivity contribution < 1.29 is 8.42 Å². The minimum atomic E-state index is -3.55. The van der Waals surface area contributed by atoms with Crippen molar-refractivity contribution in [2.45, 2.75) is 45.6 Å². The number of rotatable bonds is 4. The Bertz CT molecular complexity index is 780. The van der Waals surface area contributed by atoms with E-state index in [0.717, 1.165) is 27.8 Å². The van der Waals surface area contributed by atoms with Gasteiger partial charge in [-0.25, -0.2) is 13.1 Å². The largest absolute Gasteiger partial charge is 0.241 e. The summed E-state index contributed by atoms with van der Waals surface area (Å²) in [4.78, 5) is 0.371. The van der Waals surface area contributed by atoms with Crippen LogP contribution in [0.3, 0.4) is 0 Å². The van der Waals surface area contributed by atoms with E-state index in [9.17, 15) is 8.42 Å². The van der Waals surface area contributed by atoms with E-state index < -0.39 is 10.0 Å². The van der Waals surface area contributed by atoms with Crippen molar-refractivity contribution >= 4 is 10.0 Å². The second-order valence-corrected chi connectivity index (χ2v) is 7.50. The van der Waals surface area contributed by atoms with Crippen molar-refractivity contribution in [3.8, 4) is 0 Å². The zero-order chi connectivity index (χ0) is 16.5. The summed E-state index contributed by atoms with van der Waals surface area (Å²) >= 11 is 0. The smallest absolute Gasteiger partial charge is 0.207 e. The summed E-state index contributed by atoms with van der Waals surface area (Å²) in [6, 6.07) is 11.1. The Kier molecular flexibility index (Phi) is 4.73. The molecule has 0 unspecified atom stereocenters. The maximum absolute atomic E-state index is 12.7. The van der Waals surface area contributed by atoms with Crippen molar-refractivity contribution in [1.82, 2.24) is 4.72 Å². The fourth-order valence-electron chi connectivity index (χ4n) is 2.56. The van der Waals surface area contributed by atoms with Crippen molar-refractivity contribution in [2.75, 3.05) is 0 Å². The second-order valence-electron chi connectivity index (χ2n) is 5.82. The summed E-state index contributed by atoms with van der Waals surface area (Å²) in [5, 5.41) is 0. The van der Waals surface area contributed by atoms with Crippen LogP contribution < -0.4 is 4.72 Å². The van der Waals surface area contributed by atoms with Crippen LogP contribution in [0.5, 0.6) is 0 Å². The lowest BCUT2D eigenvalue weighted by Gasteiger charge is -2.18. The number of aryl methyl sites for hydroxylation is 1. The third-order valence-electron chi connectivity index (χ3n) is 4.35. The zero-order valence-electron chi connectivity index (χ0n) is 13.8. The Morgan fingerprint density at radius 3 is 2.09 bits per heavy atom. The van der Waals surface area contributed by atoms with E-state index in [1.807, 2.05) is 65.0 Å². The molecular formula is C18H23NO2S. The number of sulfonamides is 1. The van der Waals surface area contributed by atoms with Gasteiger partial charge in [0.15, 0.2) is 0 Å². The third kappa shape index (κ3) is 3.23. The number of hydrogen-bond donors (Lipinski definition) is 1. The van der Waals surface area contributed by atoms with Gasteiger partial charge in [-0.1, -0.05) is 30.3 Å². The standard InChI is InChI=1S/C18H23NO2S/c1-12-11-18(15(4)14(3)13(12)2)22(20,21)19-16(5)17-9-7-6-8-10-17/h6-11,16,19H,1-5H3/t16-/m1/s1. The molecule has 0 amide bonds. The first-order valence-corrected chi connectivity index (χ1v) is 8.87. The highest BCUT2D eigenvalue weighted by Gasteiger charge is 2.22. The van der Waals surface area contributed by atoms with Crippen LogP contribution in [-0.2, 0) is 10.0 Å². The Morgan fingerprint density at radius 1 is 0.909 bits per heavy atom. The highest BCUT2D eigenvalue weighted by molar-refractivity contribution is 7.89. The van der Waals surface area contributed by atoms with Gasteiger partial charge < -0.3 is 0 Å². The van der Waals surface area contributed by atoms with Gasteiger partial charge in [-0.15, -0.1) is 0 Å². The summed E-state index contributed by atoms with van der Waals surface area (Å²) < 4.78 is 28.3. The molecule has 1 N–H and O–H groups in total. The molecule has 118 valence electrons. The van der Waals surface area contributed by atoms with Crippen LogP contribution >= 0.6 is 0 Å². The molecule has 4 heteroatoms. The van der Waals surface area contributed by atoms with Crippen molar-refractivity contribution in [3.63, 3.8) is 0 Å². The molecule has 0 aromatic heterocycles. The molecule has 2 aromatic rings. The molecule has 0 aliphatic carbocycles. The quantitative estimate of drug-likeness (QED) is 0.928. The number of benzene rings is 2. The molecule has 22 heavy (non-hydrogen) atoms. The first-order chi connectivity index (χ1) is 10.2. The molecular weight excluding hydrogens is 294 g/mol. The molecule has 0 aliphatic rings. The SMILES string of the molecule is Cc1cc(S(=O)(=O)N[C@H](C)c2ccccc2)c(C)c(C)c1C. The lowest BCUT2D eigenvalue weighted by molar-refractivity contribution is 0.566. The molecule has 1 atom stereocenters. The van der Waals surface area contributed by atoms with Gasteiger partial charge in [-0.05, 0) is 68.5 Å². The Labute approximate surface area is 133 Å². The van der Waals surface area contributed by atoms with E-state index >= 15 is 0 Å². The van der Waals surface area contributed by atoms with Crippen molar-refractivity contribution in [2.24, 2.45) is 0 Å². The van der Waals surface area contributed by atoms with E-state index in [1.165, 1.54) is 0 Å². The van der Waals surface area contributed by atoms with Gasteiger partial charge in [-0.2, -0.15) is 0 Å². The van der Waals surface area contributed by atoms with E-state index in [-0.39, 0.29) is 6.04 Å². The molecule has 2 aromatic carbocycles. The van der Waals surface area contributed by atoms with E-state index in [4.69, 9.17) is 0 Å². The summed E-state index contributed by atoms with van der Waals surface area (Å²) in [6.07, 6.45) is 0. The zero-order valence-corrected chi connectivity index (χ0v) is 14.6. The van der Waals surface area contributed by atoms with Gasteiger partial charge >= 0.3 is 0 Å². The van der Waals surface area contributed by atoms with Gasteiger partial charge in [0.2, 0.25) is 10.0 Å². The molecule has 3 nitrogen and oxygen atoms in total. The van der Waals surface area contributed by atoms with Crippen LogP contribution in [-0.4, -0.2) is 8.42 Å². The minimum Gasteiger partial charge on any atom is -0.207 e. The summed E-state index contributed by atoms with van der Waals surface area (Å²) in [7, 11) is -3.55. The molecule has 0 fully saturated rings. The van der Waals surface area contributed by atoms with E-state index in [0.29, 0.717) is 4.90 Å². The molecule has 0 heterocycles. The molecule has 0 saturated carbocycles. The molecule has 2 rings (SSSR count). The second kappa shape index (κ2) is 6.23. The topological polar surface area (TPSA) is 46.2 Å². The Morgan fingerprint density at radius 2 is 1.50 bits per heavy atom. The normalized spacial score (nSPS) is 13.1. The molecule has 0 spiro atoms. The predicted molar refractivity (Wildman–Crippen MR) is 90.6 cm³/mol. The van der Waals surface area contributed by atoms with Gasteiger partial charge in [0.25, 0.3) is 0 Å². The number of hydrogen-bond acceptors (Lipinski definition) is 2. The van der Waals surface area contributed by atoms with Crippen LogP contribution in [0.1, 0.15) is 40.8 Å². The fourth-order valence-corrected chi connectivity index (χ4v) is 4.18. The molecule has 0 saturated heterocycles. The van der Waals surface area contributed by atoms with Crippen LogP contribution in [0, 0.1) is 27.7 Å². The van der Waals surface area contributed by atoms with Crippen molar-refractivity contribution in [1.29, 1.82) is 0 Å². The van der Waals surface area contributed by atoms with E-state index in [1.54, 1.807) is 6.07 Å². The average molecular weight is 317 g/mol. The highest BCUT2D eigenvalue weighted by Crippen LogP contribution is 2.26. The van der Waals surface area contributed by atoms with Crippen LogP contribution in [0.15, 0.2) is 41.3 Å². The fraction of sp³-hybridized carbons (Fsp3) is 0.333. The molecule has 0 bridgehead atoms. The predicted octanol–water partition coefficient (Wildman–Crippen LogP) is 3.96. The van der Waals surface area contributed by atoms with Crippen LogP contribution in [0.4, 0.5) is 0 Å². The van der Waals surface area contributed by atoms with Crippen LogP contribution in [0.2, 0.25) is 0 Å². The minimum absolute atomic E-state index is 0.271. The monoisotopic (exact) mass is 317 g/mol. The average Bonchev–Trinajstić information content (AvgIpc) is 2.49. The first kappa shape index (κ1) is 16.7. The summed E-state index contributed by atoms with van der Waals surface area (Å²) in [6.45, 7) is 9.66. The first-order valence-electron chi connectivity index (χ1n) is 7.38. The number of nitrogens with one attached hydrogen (secondary N) is 1. The van der Waals surface area contributed by atoms with Gasteiger partial charge in [-0.3, -0.25) is 0 Å². The Balaban J connectivity index is 2.40. The summed E-state index contributed by atoms with van der Waals surface area (Å²) in [5.74, 6) is 0. The van der Waals surface area contributed by atoms with Gasteiger partial charge in [0.1, 0.15) is 0 Å². The van der Waals surface area contributed by atoms with Crippen LogP contribution in [0.25, 0.3) is 0 Å². The molecule has 0 radical (unpaired) electrons. The van der Waals surface area contributed by atoms with Gasteiger partial charge in [0.05, 0.1) is 4.90 Å². The van der Waals surface area contributed by atoms with E-state index in [2.05, 4.69) is 4.72 Å². The molecule has 0 aliphatic heterocycles. The van der Waals surface area contributed by atoms with Gasteiger partial charge in [0, 0.05) is 6.04 Å². The summed E-state index contributed by atoms with van der Waals surface area (Å²) in [5.41, 5.74) is 4.94. The highest BCUT2D eigenvalue weighted by atomic mass is 32.2. The maximum Gasteiger partial charge on any atom is 0.241 e. The maximum atomic E-state index is 12.7.